The van der Waals surface area contributed by atoms with Gasteiger partial charge < -0.3 is 19.3 Å². The number of esters is 2. The SMILES string of the molecule is C/C=C/C(=O)OCC(=O)N1CCN(C(=O)COC(=O)/C=C/C)CC1. The molecular formula is C16H22N2O6. The molecule has 8 heteroatoms. The van der Waals surface area contributed by atoms with E-state index >= 15 is 0 Å². The molecule has 24 heavy (non-hydrogen) atoms. The summed E-state index contributed by atoms with van der Waals surface area (Å²) in [6, 6.07) is 0. The average Bonchev–Trinajstić information content (AvgIpc) is 2.58. The summed E-state index contributed by atoms with van der Waals surface area (Å²) in [6.07, 6.45) is 5.53. The van der Waals surface area contributed by atoms with Gasteiger partial charge in [-0.15, -0.1) is 0 Å². The first-order valence-corrected chi connectivity index (χ1v) is 7.62. The summed E-state index contributed by atoms with van der Waals surface area (Å²) in [6.45, 7) is 4.08. The van der Waals surface area contributed by atoms with Gasteiger partial charge >= 0.3 is 11.9 Å². The minimum Gasteiger partial charge on any atom is -0.452 e. The maximum absolute atomic E-state index is 11.9. The molecule has 0 aromatic rings. The highest BCUT2D eigenvalue weighted by atomic mass is 16.5. The van der Waals surface area contributed by atoms with Crippen molar-refractivity contribution in [1.82, 2.24) is 9.80 Å². The smallest absolute Gasteiger partial charge is 0.330 e. The van der Waals surface area contributed by atoms with Gasteiger partial charge in [-0.05, 0) is 13.8 Å². The van der Waals surface area contributed by atoms with E-state index in [0.717, 1.165) is 0 Å². The molecule has 1 aliphatic heterocycles. The quantitative estimate of drug-likeness (QED) is 0.496. The fourth-order valence-corrected chi connectivity index (χ4v) is 2.02. The number of nitrogens with zero attached hydrogens (tertiary/aromatic N) is 2. The van der Waals surface area contributed by atoms with E-state index in [9.17, 15) is 19.2 Å². The van der Waals surface area contributed by atoms with Crippen molar-refractivity contribution < 1.29 is 28.7 Å². The van der Waals surface area contributed by atoms with Crippen molar-refractivity contribution in [3.8, 4) is 0 Å². The Kier molecular flexibility index (Phi) is 8.24. The number of hydrogen-bond donors (Lipinski definition) is 0. The van der Waals surface area contributed by atoms with Crippen LogP contribution in [0.3, 0.4) is 0 Å². The lowest BCUT2D eigenvalue weighted by Crippen LogP contribution is -2.52. The van der Waals surface area contributed by atoms with Gasteiger partial charge in [0, 0.05) is 38.3 Å². The lowest BCUT2D eigenvalue weighted by molar-refractivity contribution is -0.152. The molecule has 0 spiro atoms. The van der Waals surface area contributed by atoms with E-state index in [0.29, 0.717) is 26.2 Å². The van der Waals surface area contributed by atoms with Gasteiger partial charge in [-0.25, -0.2) is 9.59 Å². The third-order valence-electron chi connectivity index (χ3n) is 3.27. The Bertz CT molecular complexity index is 485. The number of carbonyl (C=O) groups excluding carboxylic acids is 4. The molecule has 0 unspecified atom stereocenters. The molecule has 1 fully saturated rings. The van der Waals surface area contributed by atoms with Crippen molar-refractivity contribution in [2.24, 2.45) is 0 Å². The van der Waals surface area contributed by atoms with E-state index in [2.05, 4.69) is 0 Å². The highest BCUT2D eigenvalue weighted by molar-refractivity contribution is 5.86. The van der Waals surface area contributed by atoms with E-state index in [1.54, 1.807) is 13.8 Å². The van der Waals surface area contributed by atoms with Gasteiger partial charge in [0.15, 0.2) is 13.2 Å². The summed E-state index contributed by atoms with van der Waals surface area (Å²) in [5.74, 6) is -1.75. The maximum atomic E-state index is 11.9. The molecule has 0 atom stereocenters. The number of carbonyl (C=O) groups is 4. The van der Waals surface area contributed by atoms with E-state index in [1.165, 1.54) is 34.1 Å². The number of hydrogen-bond acceptors (Lipinski definition) is 6. The van der Waals surface area contributed by atoms with Crippen LogP contribution in [0, 0.1) is 0 Å². The summed E-state index contributed by atoms with van der Waals surface area (Å²) in [5.41, 5.74) is 0. The second-order valence-corrected chi connectivity index (χ2v) is 4.98. The highest BCUT2D eigenvalue weighted by Gasteiger charge is 2.25. The summed E-state index contributed by atoms with van der Waals surface area (Å²) in [4.78, 5) is 49.2. The zero-order chi connectivity index (χ0) is 17.9. The lowest BCUT2D eigenvalue weighted by Gasteiger charge is -2.34. The molecule has 0 aromatic carbocycles. The van der Waals surface area contributed by atoms with Crippen molar-refractivity contribution in [1.29, 1.82) is 0 Å². The molecule has 8 nitrogen and oxygen atoms in total. The van der Waals surface area contributed by atoms with Crippen LogP contribution in [0.1, 0.15) is 13.8 Å². The zero-order valence-corrected chi connectivity index (χ0v) is 13.9. The van der Waals surface area contributed by atoms with Crippen molar-refractivity contribution in [3.05, 3.63) is 24.3 Å². The second-order valence-electron chi connectivity index (χ2n) is 4.98. The van der Waals surface area contributed by atoms with Crippen LogP contribution in [-0.2, 0) is 28.7 Å². The summed E-state index contributed by atoms with van der Waals surface area (Å²) in [5, 5.41) is 0. The average molecular weight is 338 g/mol. The van der Waals surface area contributed by atoms with Crippen LogP contribution < -0.4 is 0 Å². The summed E-state index contributed by atoms with van der Waals surface area (Å²) < 4.78 is 9.60. The lowest BCUT2D eigenvalue weighted by atomic mass is 10.3. The number of ether oxygens (including phenoxy) is 2. The standard InChI is InChI=1S/C16H22N2O6/c1-3-5-15(21)23-11-13(19)17-7-9-18(10-8-17)14(20)12-24-16(22)6-4-2/h3-6H,7-12H2,1-2H3/b5-3+,6-4+. The van der Waals surface area contributed by atoms with E-state index in [4.69, 9.17) is 9.47 Å². The topological polar surface area (TPSA) is 93.2 Å². The molecule has 0 bridgehead atoms. The van der Waals surface area contributed by atoms with Crippen molar-refractivity contribution in [3.63, 3.8) is 0 Å². The second kappa shape index (κ2) is 10.2. The van der Waals surface area contributed by atoms with Crippen LogP contribution in [-0.4, -0.2) is 72.9 Å². The number of allylic oxidation sites excluding steroid dienone is 2. The Hall–Kier alpha value is -2.64. The third-order valence-corrected chi connectivity index (χ3v) is 3.27. The largest absolute Gasteiger partial charge is 0.452 e. The minimum atomic E-state index is -0.567. The molecule has 0 radical (unpaired) electrons. The Labute approximate surface area is 140 Å². The Morgan fingerprint density at radius 3 is 1.38 bits per heavy atom. The van der Waals surface area contributed by atoms with Crippen LogP contribution in [0.4, 0.5) is 0 Å². The Balaban J connectivity index is 2.32. The van der Waals surface area contributed by atoms with E-state index in [-0.39, 0.29) is 25.0 Å². The van der Waals surface area contributed by atoms with Crippen molar-refractivity contribution in [2.45, 2.75) is 13.8 Å². The molecular weight excluding hydrogens is 316 g/mol. The van der Waals surface area contributed by atoms with Crippen molar-refractivity contribution in [2.75, 3.05) is 39.4 Å². The van der Waals surface area contributed by atoms with Crippen LogP contribution in [0.25, 0.3) is 0 Å². The summed E-state index contributed by atoms with van der Waals surface area (Å²) in [7, 11) is 0. The number of piperazine rings is 1. The molecule has 2 amide bonds. The van der Waals surface area contributed by atoms with Gasteiger partial charge in [-0.3, -0.25) is 9.59 Å². The monoisotopic (exact) mass is 338 g/mol. The molecule has 0 aromatic heterocycles. The zero-order valence-electron chi connectivity index (χ0n) is 13.9. The van der Waals surface area contributed by atoms with E-state index in [1.807, 2.05) is 0 Å². The molecule has 1 heterocycles. The maximum Gasteiger partial charge on any atom is 0.330 e. The first-order chi connectivity index (χ1) is 11.5. The number of rotatable bonds is 6. The van der Waals surface area contributed by atoms with Gasteiger partial charge in [0.25, 0.3) is 11.8 Å². The van der Waals surface area contributed by atoms with E-state index < -0.39 is 11.9 Å². The predicted molar refractivity (Wildman–Crippen MR) is 84.7 cm³/mol. The highest BCUT2D eigenvalue weighted by Crippen LogP contribution is 2.04. The fraction of sp³-hybridized carbons (Fsp3) is 0.500. The Morgan fingerprint density at radius 2 is 1.08 bits per heavy atom. The van der Waals surface area contributed by atoms with Gasteiger partial charge in [-0.1, -0.05) is 12.2 Å². The molecule has 132 valence electrons. The molecule has 0 saturated carbocycles. The molecule has 1 aliphatic rings. The first-order valence-electron chi connectivity index (χ1n) is 7.62. The fourth-order valence-electron chi connectivity index (χ4n) is 2.02. The van der Waals surface area contributed by atoms with Gasteiger partial charge in [0.05, 0.1) is 0 Å². The van der Waals surface area contributed by atoms with Crippen molar-refractivity contribution >= 4 is 23.8 Å². The molecule has 1 rings (SSSR count). The van der Waals surface area contributed by atoms with Gasteiger partial charge in [0.2, 0.25) is 0 Å². The van der Waals surface area contributed by atoms with Crippen LogP contribution >= 0.6 is 0 Å². The first kappa shape index (κ1) is 19.4. The summed E-state index contributed by atoms with van der Waals surface area (Å²) >= 11 is 0. The Morgan fingerprint density at radius 1 is 0.750 bits per heavy atom. The van der Waals surface area contributed by atoms with Gasteiger partial charge in [0.1, 0.15) is 0 Å². The number of amides is 2. The third kappa shape index (κ3) is 6.64. The van der Waals surface area contributed by atoms with Crippen LogP contribution in [0.15, 0.2) is 24.3 Å². The molecule has 1 saturated heterocycles. The van der Waals surface area contributed by atoms with Gasteiger partial charge in [-0.2, -0.15) is 0 Å². The molecule has 0 N–H and O–H groups in total. The normalized spacial score (nSPS) is 14.9. The van der Waals surface area contributed by atoms with Crippen LogP contribution in [0.2, 0.25) is 0 Å². The van der Waals surface area contributed by atoms with Crippen LogP contribution in [0.5, 0.6) is 0 Å². The molecule has 0 aliphatic carbocycles. The minimum absolute atomic E-state index is 0.306. The predicted octanol–water partition coefficient (Wildman–Crippen LogP) is -0.104.